The van der Waals surface area contributed by atoms with Gasteiger partial charge in [-0.25, -0.2) is 0 Å². The Labute approximate surface area is 160 Å². The molecule has 2 atom stereocenters. The van der Waals surface area contributed by atoms with Crippen LogP contribution in [0.5, 0.6) is 0 Å². The van der Waals surface area contributed by atoms with E-state index in [-0.39, 0.29) is 36.3 Å². The summed E-state index contributed by atoms with van der Waals surface area (Å²) < 4.78 is 0. The summed E-state index contributed by atoms with van der Waals surface area (Å²) in [5.41, 5.74) is 1.06. The lowest BCUT2D eigenvalue weighted by molar-refractivity contribution is -0.138. The molecule has 4 rings (SSSR count). The number of nitrogens with one attached hydrogen (secondary N) is 1. The average molecular weight is 385 g/mol. The molecule has 0 aliphatic carbocycles. The van der Waals surface area contributed by atoms with Gasteiger partial charge in [-0.2, -0.15) is 0 Å². The second-order valence-corrected chi connectivity index (χ2v) is 7.35. The van der Waals surface area contributed by atoms with Gasteiger partial charge in [0.15, 0.2) is 0 Å². The fraction of sp³-hybridized carbons (Fsp3) is 0.421. The third-order valence-corrected chi connectivity index (χ3v) is 5.54. The van der Waals surface area contributed by atoms with Gasteiger partial charge in [-0.3, -0.25) is 34.2 Å². The molecule has 28 heavy (non-hydrogen) atoms. The van der Waals surface area contributed by atoms with E-state index in [0.29, 0.717) is 25.2 Å². The maximum atomic E-state index is 13.1. The zero-order valence-electron chi connectivity index (χ0n) is 15.0. The lowest BCUT2D eigenvalue weighted by Gasteiger charge is -2.28. The highest BCUT2D eigenvalue weighted by atomic mass is 16.4. The number of amides is 4. The number of fused-ring (bicyclic) bond motifs is 1. The van der Waals surface area contributed by atoms with Gasteiger partial charge in [0, 0.05) is 25.9 Å². The zero-order valence-corrected chi connectivity index (χ0v) is 15.0. The summed E-state index contributed by atoms with van der Waals surface area (Å²) in [4.78, 5) is 63.3. The second kappa shape index (κ2) is 6.74. The van der Waals surface area contributed by atoms with E-state index >= 15 is 0 Å². The average Bonchev–Trinajstić information content (AvgIpc) is 3.19. The van der Waals surface area contributed by atoms with E-state index in [1.54, 1.807) is 18.2 Å². The molecular weight excluding hydrogens is 366 g/mol. The molecule has 0 radical (unpaired) electrons. The van der Waals surface area contributed by atoms with Crippen LogP contribution in [-0.4, -0.2) is 58.7 Å². The van der Waals surface area contributed by atoms with Crippen molar-refractivity contribution in [3.63, 3.8) is 0 Å². The smallest absolute Gasteiger partial charge is 0.303 e. The Morgan fingerprint density at radius 3 is 2.64 bits per heavy atom. The topological polar surface area (TPSA) is 124 Å². The minimum atomic E-state index is -1.00. The van der Waals surface area contributed by atoms with Gasteiger partial charge >= 0.3 is 5.97 Å². The van der Waals surface area contributed by atoms with Crippen molar-refractivity contribution in [2.24, 2.45) is 5.92 Å². The number of nitrogens with zero attached hydrogens (tertiary/aromatic N) is 2. The predicted octanol–water partition coefficient (Wildman–Crippen LogP) is 0.389. The molecule has 146 valence electrons. The zero-order chi connectivity index (χ0) is 20.0. The van der Waals surface area contributed by atoms with Crippen molar-refractivity contribution in [3.05, 3.63) is 29.3 Å². The molecule has 3 aliphatic rings. The predicted molar refractivity (Wildman–Crippen MR) is 95.7 cm³/mol. The highest BCUT2D eigenvalue weighted by Gasteiger charge is 2.46. The first-order valence-corrected chi connectivity index (χ1v) is 9.18. The molecule has 3 aliphatic heterocycles. The van der Waals surface area contributed by atoms with Crippen molar-refractivity contribution in [2.75, 3.05) is 18.0 Å². The molecule has 2 saturated heterocycles. The Morgan fingerprint density at radius 2 is 1.93 bits per heavy atom. The number of carboxylic acids is 1. The summed E-state index contributed by atoms with van der Waals surface area (Å²) in [6.45, 7) is 1.08. The van der Waals surface area contributed by atoms with E-state index in [0.717, 1.165) is 4.90 Å². The van der Waals surface area contributed by atoms with Crippen molar-refractivity contribution in [1.82, 2.24) is 10.2 Å². The van der Waals surface area contributed by atoms with Gasteiger partial charge in [0.05, 0.1) is 16.8 Å². The van der Waals surface area contributed by atoms with Crippen molar-refractivity contribution in [3.8, 4) is 0 Å². The summed E-state index contributed by atoms with van der Waals surface area (Å²) >= 11 is 0. The van der Waals surface area contributed by atoms with Crippen LogP contribution in [-0.2, 0) is 14.4 Å². The van der Waals surface area contributed by atoms with Crippen LogP contribution in [0.3, 0.4) is 0 Å². The molecule has 0 saturated carbocycles. The number of imide groups is 2. The highest BCUT2D eigenvalue weighted by Crippen LogP contribution is 2.36. The van der Waals surface area contributed by atoms with Crippen LogP contribution in [0.25, 0.3) is 0 Å². The number of carbonyl (C=O) groups is 5. The Balaban J connectivity index is 1.63. The first kappa shape index (κ1) is 18.1. The molecule has 2 fully saturated rings. The summed E-state index contributed by atoms with van der Waals surface area (Å²) in [5.74, 6) is -3.04. The van der Waals surface area contributed by atoms with Crippen LogP contribution in [0.15, 0.2) is 18.2 Å². The highest BCUT2D eigenvalue weighted by molar-refractivity contribution is 6.25. The van der Waals surface area contributed by atoms with Crippen LogP contribution < -0.4 is 10.2 Å². The van der Waals surface area contributed by atoms with E-state index in [9.17, 15) is 24.0 Å². The standard InChI is InChI=1S/C19H19N3O6/c23-14-5-4-13(17(26)20-14)22-18(27)11-2-1-3-12(16(11)19(22)28)21-7-6-10(9-21)8-15(24)25/h1-3,10,13H,4-9H2,(H,24,25)(H,20,23,26). The maximum Gasteiger partial charge on any atom is 0.303 e. The summed E-state index contributed by atoms with van der Waals surface area (Å²) in [5, 5.41) is 11.2. The van der Waals surface area contributed by atoms with Gasteiger partial charge in [-0.1, -0.05) is 6.07 Å². The van der Waals surface area contributed by atoms with E-state index in [4.69, 9.17) is 5.11 Å². The fourth-order valence-corrected chi connectivity index (χ4v) is 4.23. The fourth-order valence-electron chi connectivity index (χ4n) is 4.23. The van der Waals surface area contributed by atoms with Crippen molar-refractivity contribution >= 4 is 35.3 Å². The van der Waals surface area contributed by atoms with E-state index in [1.807, 2.05) is 4.90 Å². The first-order valence-electron chi connectivity index (χ1n) is 9.18. The molecule has 9 heteroatoms. The van der Waals surface area contributed by atoms with Gasteiger partial charge in [-0.15, -0.1) is 0 Å². The Morgan fingerprint density at radius 1 is 1.14 bits per heavy atom. The molecule has 9 nitrogen and oxygen atoms in total. The van der Waals surface area contributed by atoms with Crippen LogP contribution in [0.1, 0.15) is 46.4 Å². The lowest BCUT2D eigenvalue weighted by Crippen LogP contribution is -2.54. The molecule has 0 spiro atoms. The SMILES string of the molecule is O=C(O)CC1CCN(c2cccc3c2C(=O)N(C2CCC(=O)NC2=O)C3=O)C1. The number of anilines is 1. The summed E-state index contributed by atoms with van der Waals surface area (Å²) in [6, 6.07) is 3.96. The molecule has 4 amide bonds. The molecule has 3 heterocycles. The molecule has 0 bridgehead atoms. The van der Waals surface area contributed by atoms with Crippen LogP contribution >= 0.6 is 0 Å². The molecule has 0 aromatic heterocycles. The number of rotatable bonds is 4. The Hall–Kier alpha value is -3.23. The van der Waals surface area contributed by atoms with Gasteiger partial charge < -0.3 is 10.0 Å². The van der Waals surface area contributed by atoms with Gasteiger partial charge in [-0.05, 0) is 30.9 Å². The molecular formula is C19H19N3O6. The monoisotopic (exact) mass is 385 g/mol. The van der Waals surface area contributed by atoms with Gasteiger partial charge in [0.2, 0.25) is 11.8 Å². The Bertz CT molecular complexity index is 911. The van der Waals surface area contributed by atoms with Crippen molar-refractivity contribution in [1.29, 1.82) is 0 Å². The number of carboxylic acid groups (broad SMARTS) is 1. The van der Waals surface area contributed by atoms with Crippen molar-refractivity contribution in [2.45, 2.75) is 31.7 Å². The number of carbonyl (C=O) groups excluding carboxylic acids is 4. The largest absolute Gasteiger partial charge is 0.481 e. The molecule has 2 unspecified atom stereocenters. The number of piperidine rings is 1. The van der Waals surface area contributed by atoms with Gasteiger partial charge in [0.1, 0.15) is 6.04 Å². The maximum absolute atomic E-state index is 13.1. The third-order valence-electron chi connectivity index (χ3n) is 5.54. The lowest BCUT2D eigenvalue weighted by atomic mass is 10.0. The van der Waals surface area contributed by atoms with Crippen LogP contribution in [0.2, 0.25) is 0 Å². The number of aliphatic carboxylic acids is 1. The summed E-state index contributed by atoms with van der Waals surface area (Å²) in [6.07, 6.45) is 0.922. The van der Waals surface area contributed by atoms with Crippen molar-refractivity contribution < 1.29 is 29.1 Å². The first-order chi connectivity index (χ1) is 13.4. The number of hydrogen-bond donors (Lipinski definition) is 2. The second-order valence-electron chi connectivity index (χ2n) is 7.35. The molecule has 1 aromatic carbocycles. The van der Waals surface area contributed by atoms with E-state index in [1.165, 1.54) is 0 Å². The van der Waals surface area contributed by atoms with E-state index in [2.05, 4.69) is 5.32 Å². The number of benzene rings is 1. The molecule has 1 aromatic rings. The quantitative estimate of drug-likeness (QED) is 0.719. The number of hydrogen-bond acceptors (Lipinski definition) is 6. The minimum Gasteiger partial charge on any atom is -0.481 e. The van der Waals surface area contributed by atoms with E-state index < -0.39 is 35.6 Å². The van der Waals surface area contributed by atoms with Gasteiger partial charge in [0.25, 0.3) is 11.8 Å². The van der Waals surface area contributed by atoms with Crippen LogP contribution in [0, 0.1) is 5.92 Å². The molecule has 2 N–H and O–H groups in total. The van der Waals surface area contributed by atoms with Crippen LogP contribution in [0.4, 0.5) is 5.69 Å². The minimum absolute atomic E-state index is 0.0215. The third kappa shape index (κ3) is 2.92. The normalized spacial score (nSPS) is 24.6. The summed E-state index contributed by atoms with van der Waals surface area (Å²) in [7, 11) is 0. The Kier molecular flexibility index (Phi) is 4.37.